The lowest BCUT2D eigenvalue weighted by atomic mass is 10.1. The van der Waals surface area contributed by atoms with Gasteiger partial charge in [0, 0.05) is 0 Å². The largest absolute Gasteiger partial charge is 0.445 e. The van der Waals surface area contributed by atoms with Gasteiger partial charge in [-0.05, 0) is 30.0 Å². The van der Waals surface area contributed by atoms with E-state index in [1.165, 1.54) is 25.7 Å². The van der Waals surface area contributed by atoms with Crippen molar-refractivity contribution in [1.29, 1.82) is 0 Å². The van der Waals surface area contributed by atoms with Crippen LogP contribution in [-0.2, 0) is 0 Å². The Morgan fingerprint density at radius 1 is 1.00 bits per heavy atom. The van der Waals surface area contributed by atoms with Crippen molar-refractivity contribution in [2.24, 2.45) is 0 Å². The predicted molar refractivity (Wildman–Crippen MR) is 60.8 cm³/mol. The van der Waals surface area contributed by atoms with Crippen LogP contribution in [0.5, 0.6) is 0 Å². The maximum Gasteiger partial charge on any atom is 0.445 e. The van der Waals surface area contributed by atoms with Gasteiger partial charge < -0.3 is 0 Å². The molecule has 0 aromatic carbocycles. The Balaban J connectivity index is 3.17. The molecule has 0 spiro atoms. The molecule has 0 aromatic rings. The maximum atomic E-state index is 11.7. The van der Waals surface area contributed by atoms with E-state index in [9.17, 15) is 13.2 Å². The van der Waals surface area contributed by atoms with Gasteiger partial charge >= 0.3 is 5.51 Å². The summed E-state index contributed by atoms with van der Waals surface area (Å²) < 4.78 is 35.0. The summed E-state index contributed by atoms with van der Waals surface area (Å²) in [6.45, 7) is 2.16. The van der Waals surface area contributed by atoms with Crippen LogP contribution in [0.2, 0.25) is 0 Å². The summed E-state index contributed by atoms with van der Waals surface area (Å²) >= 11 is -0.0751. The normalized spacial score (nSPS) is 12.5. The molecule has 0 unspecified atom stereocenters. The average molecular weight is 240 g/mol. The zero-order valence-corrected chi connectivity index (χ0v) is 9.96. The first-order valence-electron chi connectivity index (χ1n) is 5.46. The molecule has 0 saturated carbocycles. The van der Waals surface area contributed by atoms with E-state index in [0.717, 1.165) is 24.7 Å². The molecule has 0 aliphatic carbocycles. The van der Waals surface area contributed by atoms with Crippen LogP contribution in [0.15, 0.2) is 11.5 Å². The lowest BCUT2D eigenvalue weighted by Crippen LogP contribution is -1.96. The summed E-state index contributed by atoms with van der Waals surface area (Å²) in [6, 6.07) is 0. The summed E-state index contributed by atoms with van der Waals surface area (Å²) in [6.07, 6.45) is 9.43. The van der Waals surface area contributed by atoms with E-state index in [-0.39, 0.29) is 11.8 Å². The third-order valence-electron chi connectivity index (χ3n) is 2.02. The van der Waals surface area contributed by atoms with Crippen molar-refractivity contribution < 1.29 is 13.2 Å². The summed E-state index contributed by atoms with van der Waals surface area (Å²) in [5, 5.41) is 1.14. The number of hydrogen-bond donors (Lipinski definition) is 0. The number of rotatable bonds is 8. The molecule has 0 radical (unpaired) electrons. The van der Waals surface area contributed by atoms with Crippen LogP contribution in [0.1, 0.15) is 51.9 Å². The van der Waals surface area contributed by atoms with Crippen molar-refractivity contribution in [3.63, 3.8) is 0 Å². The van der Waals surface area contributed by atoms with E-state index in [4.69, 9.17) is 0 Å². The first-order valence-corrected chi connectivity index (χ1v) is 6.34. The fourth-order valence-electron chi connectivity index (χ4n) is 1.24. The Kier molecular flexibility index (Phi) is 9.06. The molecule has 0 N–H and O–H groups in total. The van der Waals surface area contributed by atoms with Gasteiger partial charge in [-0.25, -0.2) is 0 Å². The Hall–Kier alpha value is -0.120. The van der Waals surface area contributed by atoms with E-state index in [1.54, 1.807) is 6.08 Å². The SMILES string of the molecule is CCCCCCCC/C=C/SC(F)(F)F. The second-order valence-electron chi connectivity index (χ2n) is 3.49. The van der Waals surface area contributed by atoms with Gasteiger partial charge in [0.2, 0.25) is 0 Å². The topological polar surface area (TPSA) is 0 Å². The fourth-order valence-corrected chi connectivity index (χ4v) is 1.62. The van der Waals surface area contributed by atoms with Crippen LogP contribution in [-0.4, -0.2) is 5.51 Å². The average Bonchev–Trinajstić information content (AvgIpc) is 2.14. The Labute approximate surface area is 94.3 Å². The van der Waals surface area contributed by atoms with E-state index in [2.05, 4.69) is 6.92 Å². The van der Waals surface area contributed by atoms with Crippen molar-refractivity contribution in [2.75, 3.05) is 0 Å². The number of allylic oxidation sites excluding steroid dienone is 1. The van der Waals surface area contributed by atoms with E-state index < -0.39 is 5.51 Å². The van der Waals surface area contributed by atoms with Crippen LogP contribution in [0.4, 0.5) is 13.2 Å². The highest BCUT2D eigenvalue weighted by atomic mass is 32.2. The minimum atomic E-state index is -4.13. The molecule has 0 heterocycles. The van der Waals surface area contributed by atoms with Gasteiger partial charge in [-0.3, -0.25) is 0 Å². The van der Waals surface area contributed by atoms with Crippen LogP contribution in [0.25, 0.3) is 0 Å². The van der Waals surface area contributed by atoms with E-state index >= 15 is 0 Å². The maximum absolute atomic E-state index is 11.7. The minimum Gasteiger partial charge on any atom is -0.160 e. The highest BCUT2D eigenvalue weighted by Gasteiger charge is 2.26. The van der Waals surface area contributed by atoms with Gasteiger partial charge in [-0.1, -0.05) is 45.1 Å². The summed E-state index contributed by atoms with van der Waals surface area (Å²) in [5.74, 6) is 0. The van der Waals surface area contributed by atoms with E-state index in [1.807, 2.05) is 0 Å². The van der Waals surface area contributed by atoms with Crippen molar-refractivity contribution in [2.45, 2.75) is 57.4 Å². The Morgan fingerprint density at radius 2 is 1.60 bits per heavy atom. The Bertz CT molecular complexity index is 164. The van der Waals surface area contributed by atoms with Gasteiger partial charge in [-0.2, -0.15) is 13.2 Å². The molecular weight excluding hydrogens is 221 g/mol. The number of alkyl halides is 3. The number of halogens is 3. The number of hydrogen-bond acceptors (Lipinski definition) is 1. The lowest BCUT2D eigenvalue weighted by molar-refractivity contribution is -0.0320. The van der Waals surface area contributed by atoms with Crippen molar-refractivity contribution >= 4 is 11.8 Å². The molecule has 0 aliphatic rings. The molecule has 0 nitrogen and oxygen atoms in total. The molecule has 0 atom stereocenters. The fraction of sp³-hybridized carbons (Fsp3) is 0.818. The zero-order chi connectivity index (χ0) is 11.6. The van der Waals surface area contributed by atoms with Crippen molar-refractivity contribution in [3.05, 3.63) is 11.5 Å². The predicted octanol–water partition coefficient (Wildman–Crippen LogP) is 5.50. The van der Waals surface area contributed by atoms with Crippen molar-refractivity contribution in [1.82, 2.24) is 0 Å². The van der Waals surface area contributed by atoms with Crippen LogP contribution in [0, 0.1) is 0 Å². The van der Waals surface area contributed by atoms with Gasteiger partial charge in [0.15, 0.2) is 0 Å². The number of thioether (sulfide) groups is 1. The quantitative estimate of drug-likeness (QED) is 0.504. The second kappa shape index (κ2) is 9.13. The van der Waals surface area contributed by atoms with Gasteiger partial charge in [-0.15, -0.1) is 0 Å². The lowest BCUT2D eigenvalue weighted by Gasteiger charge is -1.99. The molecule has 90 valence electrons. The molecule has 0 rings (SSSR count). The monoisotopic (exact) mass is 240 g/mol. The summed E-state index contributed by atoms with van der Waals surface area (Å²) in [4.78, 5) is 0. The zero-order valence-electron chi connectivity index (χ0n) is 9.15. The molecular formula is C11H19F3S. The molecule has 4 heteroatoms. The minimum absolute atomic E-state index is 0.0751. The molecule has 0 saturated heterocycles. The van der Waals surface area contributed by atoms with Crippen LogP contribution < -0.4 is 0 Å². The van der Waals surface area contributed by atoms with Crippen LogP contribution >= 0.6 is 11.8 Å². The molecule has 0 fully saturated rings. The highest BCUT2D eigenvalue weighted by molar-refractivity contribution is 8.02. The third-order valence-corrected chi connectivity index (χ3v) is 2.62. The van der Waals surface area contributed by atoms with Gasteiger partial charge in [0.25, 0.3) is 0 Å². The molecule has 15 heavy (non-hydrogen) atoms. The molecule has 0 bridgehead atoms. The number of unbranched alkanes of at least 4 members (excludes halogenated alkanes) is 6. The molecule has 0 amide bonds. The van der Waals surface area contributed by atoms with Crippen LogP contribution in [0.3, 0.4) is 0 Å². The summed E-state index contributed by atoms with van der Waals surface area (Å²) in [7, 11) is 0. The highest BCUT2D eigenvalue weighted by Crippen LogP contribution is 2.31. The first kappa shape index (κ1) is 14.9. The van der Waals surface area contributed by atoms with Gasteiger partial charge in [0.05, 0.1) is 0 Å². The first-order chi connectivity index (χ1) is 7.06. The summed E-state index contributed by atoms with van der Waals surface area (Å²) in [5.41, 5.74) is -4.13. The van der Waals surface area contributed by atoms with E-state index in [0.29, 0.717) is 0 Å². The molecule has 0 aromatic heterocycles. The second-order valence-corrected chi connectivity index (χ2v) is 4.46. The molecule has 0 aliphatic heterocycles. The van der Waals surface area contributed by atoms with Gasteiger partial charge in [0.1, 0.15) is 0 Å². The van der Waals surface area contributed by atoms with Crippen molar-refractivity contribution in [3.8, 4) is 0 Å². The Morgan fingerprint density at radius 3 is 2.20 bits per heavy atom. The third kappa shape index (κ3) is 13.9. The standard InChI is InChI=1S/C11H19F3S/c1-2-3-4-5-6-7-8-9-10-15-11(12,13)14/h9-10H,2-8H2,1H3/b10-9+. The smallest absolute Gasteiger partial charge is 0.160 e.